The van der Waals surface area contributed by atoms with Crippen molar-refractivity contribution in [2.45, 2.75) is 50.4 Å². The van der Waals surface area contributed by atoms with Crippen LogP contribution in [-0.4, -0.2) is 32.1 Å². The van der Waals surface area contributed by atoms with E-state index in [1.807, 2.05) is 0 Å². The summed E-state index contributed by atoms with van der Waals surface area (Å²) >= 11 is 0. The van der Waals surface area contributed by atoms with Crippen LogP contribution in [0, 0.1) is 0 Å². The lowest BCUT2D eigenvalue weighted by atomic mass is 10.1. The highest BCUT2D eigenvalue weighted by molar-refractivity contribution is 5.88. The summed E-state index contributed by atoms with van der Waals surface area (Å²) in [6.45, 7) is 0. The summed E-state index contributed by atoms with van der Waals surface area (Å²) in [5.74, 6) is -1.67. The van der Waals surface area contributed by atoms with Crippen molar-refractivity contribution >= 4 is 5.97 Å². The molecule has 0 spiro atoms. The van der Waals surface area contributed by atoms with Crippen LogP contribution < -0.4 is 0 Å². The van der Waals surface area contributed by atoms with E-state index in [2.05, 4.69) is 5.10 Å². The molecule has 5 nitrogen and oxygen atoms in total. The monoisotopic (exact) mass is 292 g/mol. The van der Waals surface area contributed by atoms with E-state index in [1.165, 1.54) is 0 Å². The Labute approximate surface area is 113 Å². The molecule has 2 unspecified atom stereocenters. The zero-order valence-corrected chi connectivity index (χ0v) is 10.6. The average Bonchev–Trinajstić information content (AvgIpc) is 2.68. The van der Waals surface area contributed by atoms with Crippen molar-refractivity contribution < 1.29 is 28.2 Å². The Bertz CT molecular complexity index is 499. The first-order valence-corrected chi connectivity index (χ1v) is 6.38. The first-order valence-electron chi connectivity index (χ1n) is 6.38. The van der Waals surface area contributed by atoms with Gasteiger partial charge >= 0.3 is 12.1 Å². The molecule has 1 aromatic heterocycles. The van der Waals surface area contributed by atoms with Crippen molar-refractivity contribution in [1.29, 1.82) is 0 Å². The SMILES string of the molecule is O=C(O)c1cnn(C2CCCCCC2O)c1C(F)(F)F. The van der Waals surface area contributed by atoms with Gasteiger partial charge in [0.1, 0.15) is 5.56 Å². The molecule has 0 aliphatic heterocycles. The van der Waals surface area contributed by atoms with Gasteiger partial charge in [-0.05, 0) is 12.8 Å². The molecule has 1 saturated carbocycles. The molecule has 2 N–H and O–H groups in total. The van der Waals surface area contributed by atoms with E-state index in [4.69, 9.17) is 5.11 Å². The minimum Gasteiger partial charge on any atom is -0.478 e. The average molecular weight is 292 g/mol. The molecule has 20 heavy (non-hydrogen) atoms. The number of aromatic carboxylic acids is 1. The first kappa shape index (κ1) is 14.8. The standard InChI is InChI=1S/C12H15F3N2O3/c13-12(14,15)10-7(11(19)20)6-16-17(10)8-4-2-1-3-5-9(8)18/h6,8-9,18H,1-5H2,(H,19,20). The molecule has 0 radical (unpaired) electrons. The molecule has 0 amide bonds. The van der Waals surface area contributed by atoms with E-state index in [1.54, 1.807) is 0 Å². The topological polar surface area (TPSA) is 75.3 Å². The number of carboxylic acids is 1. The number of carbonyl (C=O) groups is 1. The van der Waals surface area contributed by atoms with Crippen LogP contribution in [0.3, 0.4) is 0 Å². The molecule has 2 atom stereocenters. The molecule has 1 aromatic rings. The van der Waals surface area contributed by atoms with Gasteiger partial charge < -0.3 is 10.2 Å². The van der Waals surface area contributed by atoms with Crippen LogP contribution in [0.1, 0.15) is 54.2 Å². The second-order valence-electron chi connectivity index (χ2n) is 4.93. The van der Waals surface area contributed by atoms with Crippen molar-refractivity contribution in [2.75, 3.05) is 0 Å². The molecule has 1 heterocycles. The van der Waals surface area contributed by atoms with Gasteiger partial charge in [0.2, 0.25) is 0 Å². The molecular weight excluding hydrogens is 277 g/mol. The van der Waals surface area contributed by atoms with Gasteiger partial charge in [-0.3, -0.25) is 4.68 Å². The van der Waals surface area contributed by atoms with Gasteiger partial charge in [-0.2, -0.15) is 18.3 Å². The van der Waals surface area contributed by atoms with Crippen molar-refractivity contribution in [2.24, 2.45) is 0 Å². The minimum atomic E-state index is -4.82. The number of aromatic nitrogens is 2. The summed E-state index contributed by atoms with van der Waals surface area (Å²) < 4.78 is 39.9. The van der Waals surface area contributed by atoms with Crippen LogP contribution in [0.2, 0.25) is 0 Å². The third-order valence-electron chi connectivity index (χ3n) is 3.55. The quantitative estimate of drug-likeness (QED) is 0.821. The number of alkyl halides is 3. The zero-order chi connectivity index (χ0) is 14.9. The molecule has 0 saturated heterocycles. The van der Waals surface area contributed by atoms with Crippen LogP contribution in [-0.2, 0) is 6.18 Å². The lowest BCUT2D eigenvalue weighted by Gasteiger charge is -2.24. The van der Waals surface area contributed by atoms with Crippen LogP contribution in [0.25, 0.3) is 0 Å². The summed E-state index contributed by atoms with van der Waals surface area (Å²) in [5, 5.41) is 22.4. The largest absolute Gasteiger partial charge is 0.478 e. The summed E-state index contributed by atoms with van der Waals surface area (Å²) in [6, 6.07) is -0.831. The summed E-state index contributed by atoms with van der Waals surface area (Å²) in [5.41, 5.74) is -2.18. The van der Waals surface area contributed by atoms with Crippen molar-refractivity contribution in [1.82, 2.24) is 9.78 Å². The number of aliphatic hydroxyl groups is 1. The third kappa shape index (κ3) is 2.79. The maximum Gasteiger partial charge on any atom is 0.433 e. The lowest BCUT2D eigenvalue weighted by molar-refractivity contribution is -0.146. The Morgan fingerprint density at radius 1 is 1.30 bits per heavy atom. The van der Waals surface area contributed by atoms with E-state index in [-0.39, 0.29) is 0 Å². The van der Waals surface area contributed by atoms with Crippen LogP contribution in [0.15, 0.2) is 6.20 Å². The Hall–Kier alpha value is -1.57. The minimum absolute atomic E-state index is 0.352. The molecule has 2 rings (SSSR count). The van der Waals surface area contributed by atoms with Crippen LogP contribution in [0.4, 0.5) is 13.2 Å². The zero-order valence-electron chi connectivity index (χ0n) is 10.6. The molecule has 0 aromatic carbocycles. The molecule has 112 valence electrons. The van der Waals surface area contributed by atoms with Gasteiger partial charge in [-0.25, -0.2) is 4.79 Å². The number of nitrogens with zero attached hydrogens (tertiary/aromatic N) is 2. The number of carboxylic acid groups (broad SMARTS) is 1. The van der Waals surface area contributed by atoms with Crippen LogP contribution >= 0.6 is 0 Å². The lowest BCUT2D eigenvalue weighted by Crippen LogP contribution is -2.28. The number of aliphatic hydroxyl groups excluding tert-OH is 1. The molecule has 1 fully saturated rings. The maximum atomic E-state index is 13.1. The smallest absolute Gasteiger partial charge is 0.433 e. The predicted octanol–water partition coefficient (Wildman–Crippen LogP) is 2.47. The second kappa shape index (κ2) is 5.43. The molecule has 0 bridgehead atoms. The Balaban J connectivity index is 2.48. The Morgan fingerprint density at radius 2 is 1.95 bits per heavy atom. The van der Waals surface area contributed by atoms with E-state index in [9.17, 15) is 23.1 Å². The number of hydrogen-bond donors (Lipinski definition) is 2. The highest BCUT2D eigenvalue weighted by Gasteiger charge is 2.42. The van der Waals surface area contributed by atoms with Crippen molar-refractivity contribution in [3.63, 3.8) is 0 Å². The van der Waals surface area contributed by atoms with Gasteiger partial charge in [-0.15, -0.1) is 0 Å². The predicted molar refractivity (Wildman–Crippen MR) is 62.3 cm³/mol. The van der Waals surface area contributed by atoms with E-state index in [0.29, 0.717) is 30.1 Å². The van der Waals surface area contributed by atoms with Gasteiger partial charge in [0.15, 0.2) is 5.69 Å². The van der Waals surface area contributed by atoms with E-state index >= 15 is 0 Å². The number of halogens is 3. The molecule has 1 aliphatic rings. The fourth-order valence-corrected chi connectivity index (χ4v) is 2.61. The van der Waals surface area contributed by atoms with Crippen molar-refractivity contribution in [3.8, 4) is 0 Å². The third-order valence-corrected chi connectivity index (χ3v) is 3.55. The summed E-state index contributed by atoms with van der Waals surface area (Å²) in [4.78, 5) is 10.9. The Morgan fingerprint density at radius 3 is 2.55 bits per heavy atom. The number of hydrogen-bond acceptors (Lipinski definition) is 3. The Kier molecular flexibility index (Phi) is 4.03. The van der Waals surface area contributed by atoms with Crippen molar-refractivity contribution in [3.05, 3.63) is 17.5 Å². The molecular formula is C12H15F3N2O3. The highest BCUT2D eigenvalue weighted by atomic mass is 19.4. The number of rotatable bonds is 2. The van der Waals surface area contributed by atoms with Crippen LogP contribution in [0.5, 0.6) is 0 Å². The van der Waals surface area contributed by atoms with E-state index in [0.717, 1.165) is 12.8 Å². The second-order valence-corrected chi connectivity index (χ2v) is 4.93. The molecule has 8 heteroatoms. The van der Waals surface area contributed by atoms with E-state index < -0.39 is 35.5 Å². The van der Waals surface area contributed by atoms with Gasteiger partial charge in [-0.1, -0.05) is 19.3 Å². The fraction of sp³-hybridized carbons (Fsp3) is 0.667. The van der Waals surface area contributed by atoms with Gasteiger partial charge in [0.25, 0.3) is 0 Å². The van der Waals surface area contributed by atoms with Gasteiger partial charge in [0.05, 0.1) is 18.3 Å². The normalized spacial score (nSPS) is 24.4. The fourth-order valence-electron chi connectivity index (χ4n) is 2.61. The summed E-state index contributed by atoms with van der Waals surface area (Å²) in [7, 11) is 0. The maximum absolute atomic E-state index is 13.1. The highest BCUT2D eigenvalue weighted by Crippen LogP contribution is 2.37. The first-order chi connectivity index (χ1) is 9.32. The summed E-state index contributed by atoms with van der Waals surface area (Å²) in [6.07, 6.45) is -2.07. The molecule has 1 aliphatic carbocycles. The van der Waals surface area contributed by atoms with Gasteiger partial charge in [0, 0.05) is 0 Å².